The molecule has 0 aliphatic heterocycles. The Kier molecular flexibility index (Phi) is 2.57. The summed E-state index contributed by atoms with van der Waals surface area (Å²) in [5, 5.41) is 0. The van der Waals surface area contributed by atoms with Crippen LogP contribution in [0.2, 0.25) is 0 Å². The third kappa shape index (κ3) is 1.97. The molecule has 0 aromatic heterocycles. The van der Waals surface area contributed by atoms with Crippen LogP contribution in [0.5, 0.6) is 5.75 Å². The minimum Gasteiger partial charge on any atom is -0.488 e. The lowest BCUT2D eigenvalue weighted by atomic mass is 10.2. The molecule has 14 heavy (non-hydrogen) atoms. The van der Waals surface area contributed by atoms with Crippen molar-refractivity contribution in [2.75, 3.05) is 5.73 Å². The van der Waals surface area contributed by atoms with Crippen molar-refractivity contribution in [1.82, 2.24) is 0 Å². The standard InChI is InChI=1S/C11H14FNO/c12-8-5-6-10(13)11(7-8)14-9-3-1-2-4-9/h5-7,9H,1-4,13H2. The summed E-state index contributed by atoms with van der Waals surface area (Å²) < 4.78 is 18.5. The first kappa shape index (κ1) is 9.31. The topological polar surface area (TPSA) is 35.2 Å². The average molecular weight is 195 g/mol. The number of rotatable bonds is 2. The normalized spacial score (nSPS) is 17.2. The van der Waals surface area contributed by atoms with E-state index in [9.17, 15) is 4.39 Å². The van der Waals surface area contributed by atoms with Gasteiger partial charge in [-0.05, 0) is 37.8 Å². The quantitative estimate of drug-likeness (QED) is 0.736. The molecular weight excluding hydrogens is 181 g/mol. The fourth-order valence-corrected chi connectivity index (χ4v) is 1.80. The van der Waals surface area contributed by atoms with Crippen LogP contribution in [0.4, 0.5) is 10.1 Å². The number of halogens is 1. The van der Waals surface area contributed by atoms with Gasteiger partial charge in [0.25, 0.3) is 0 Å². The number of anilines is 1. The molecule has 0 radical (unpaired) electrons. The zero-order chi connectivity index (χ0) is 9.97. The van der Waals surface area contributed by atoms with Gasteiger partial charge in [0.05, 0.1) is 11.8 Å². The monoisotopic (exact) mass is 195 g/mol. The second-order valence-electron chi connectivity index (χ2n) is 3.71. The summed E-state index contributed by atoms with van der Waals surface area (Å²) in [6, 6.07) is 4.24. The van der Waals surface area contributed by atoms with Gasteiger partial charge in [0.1, 0.15) is 11.6 Å². The van der Waals surface area contributed by atoms with Crippen molar-refractivity contribution in [2.24, 2.45) is 0 Å². The minimum atomic E-state index is -0.299. The summed E-state index contributed by atoms with van der Waals surface area (Å²) >= 11 is 0. The van der Waals surface area contributed by atoms with Gasteiger partial charge >= 0.3 is 0 Å². The van der Waals surface area contributed by atoms with Crippen molar-refractivity contribution in [2.45, 2.75) is 31.8 Å². The van der Waals surface area contributed by atoms with E-state index in [1.807, 2.05) is 0 Å². The number of hydrogen-bond acceptors (Lipinski definition) is 2. The predicted octanol–water partition coefficient (Wildman–Crippen LogP) is 2.73. The van der Waals surface area contributed by atoms with E-state index in [1.165, 1.54) is 25.0 Å². The van der Waals surface area contributed by atoms with Crippen molar-refractivity contribution < 1.29 is 9.13 Å². The summed E-state index contributed by atoms with van der Waals surface area (Å²) in [6.07, 6.45) is 4.71. The Labute approximate surface area is 82.9 Å². The molecule has 1 saturated carbocycles. The van der Waals surface area contributed by atoms with Gasteiger partial charge < -0.3 is 10.5 Å². The Balaban J connectivity index is 2.10. The van der Waals surface area contributed by atoms with Crippen LogP contribution in [-0.2, 0) is 0 Å². The molecule has 1 aromatic rings. The molecule has 2 nitrogen and oxygen atoms in total. The molecule has 1 aliphatic rings. The Morgan fingerprint density at radius 3 is 2.71 bits per heavy atom. The summed E-state index contributed by atoms with van der Waals surface area (Å²) in [7, 11) is 0. The first-order valence-corrected chi connectivity index (χ1v) is 4.97. The van der Waals surface area contributed by atoms with Gasteiger partial charge in [0.15, 0.2) is 0 Å². The molecule has 0 spiro atoms. The van der Waals surface area contributed by atoms with Gasteiger partial charge in [0.2, 0.25) is 0 Å². The molecule has 0 heterocycles. The molecule has 0 amide bonds. The summed E-state index contributed by atoms with van der Waals surface area (Å²) in [4.78, 5) is 0. The zero-order valence-electron chi connectivity index (χ0n) is 8.00. The molecule has 2 N–H and O–H groups in total. The fraction of sp³-hybridized carbons (Fsp3) is 0.455. The van der Waals surface area contributed by atoms with Gasteiger partial charge in [-0.1, -0.05) is 0 Å². The zero-order valence-corrected chi connectivity index (χ0v) is 8.00. The van der Waals surface area contributed by atoms with E-state index in [2.05, 4.69) is 0 Å². The maximum atomic E-state index is 12.9. The Bertz CT molecular complexity index is 321. The maximum absolute atomic E-state index is 12.9. The lowest BCUT2D eigenvalue weighted by Gasteiger charge is -2.14. The summed E-state index contributed by atoms with van der Waals surface area (Å²) in [5.41, 5.74) is 6.19. The van der Waals surface area contributed by atoms with E-state index in [1.54, 1.807) is 6.07 Å². The van der Waals surface area contributed by atoms with E-state index in [0.717, 1.165) is 12.8 Å². The van der Waals surface area contributed by atoms with E-state index >= 15 is 0 Å². The van der Waals surface area contributed by atoms with Gasteiger partial charge in [-0.25, -0.2) is 4.39 Å². The lowest BCUT2D eigenvalue weighted by Crippen LogP contribution is -2.12. The van der Waals surface area contributed by atoms with Crippen LogP contribution in [0.15, 0.2) is 18.2 Å². The van der Waals surface area contributed by atoms with Gasteiger partial charge in [-0.2, -0.15) is 0 Å². The highest BCUT2D eigenvalue weighted by Gasteiger charge is 2.17. The molecule has 0 bridgehead atoms. The summed E-state index contributed by atoms with van der Waals surface area (Å²) in [6.45, 7) is 0. The van der Waals surface area contributed by atoms with Crippen molar-refractivity contribution >= 4 is 5.69 Å². The third-order valence-corrected chi connectivity index (χ3v) is 2.57. The van der Waals surface area contributed by atoms with E-state index in [-0.39, 0.29) is 11.9 Å². The van der Waals surface area contributed by atoms with Crippen molar-refractivity contribution in [1.29, 1.82) is 0 Å². The molecule has 0 saturated heterocycles. The molecular formula is C11H14FNO. The number of benzene rings is 1. The molecule has 3 heteroatoms. The molecule has 1 aliphatic carbocycles. The highest BCUT2D eigenvalue weighted by Crippen LogP contribution is 2.28. The predicted molar refractivity (Wildman–Crippen MR) is 53.7 cm³/mol. The van der Waals surface area contributed by atoms with Crippen LogP contribution < -0.4 is 10.5 Å². The van der Waals surface area contributed by atoms with E-state index in [0.29, 0.717) is 11.4 Å². The highest BCUT2D eigenvalue weighted by molar-refractivity contribution is 5.52. The van der Waals surface area contributed by atoms with Gasteiger partial charge in [0, 0.05) is 6.07 Å². The molecule has 76 valence electrons. The van der Waals surface area contributed by atoms with Crippen LogP contribution in [0.1, 0.15) is 25.7 Å². The third-order valence-electron chi connectivity index (χ3n) is 2.57. The highest BCUT2D eigenvalue weighted by atomic mass is 19.1. The van der Waals surface area contributed by atoms with Crippen LogP contribution in [-0.4, -0.2) is 6.10 Å². The Hall–Kier alpha value is -1.25. The van der Waals surface area contributed by atoms with Crippen LogP contribution >= 0.6 is 0 Å². The molecule has 2 rings (SSSR count). The van der Waals surface area contributed by atoms with Gasteiger partial charge in [-0.15, -0.1) is 0 Å². The minimum absolute atomic E-state index is 0.221. The smallest absolute Gasteiger partial charge is 0.145 e. The number of nitrogens with two attached hydrogens (primary N) is 1. The average Bonchev–Trinajstić information content (AvgIpc) is 2.64. The Morgan fingerprint density at radius 2 is 2.00 bits per heavy atom. The first-order chi connectivity index (χ1) is 6.75. The van der Waals surface area contributed by atoms with E-state index < -0.39 is 0 Å². The number of hydrogen-bond donors (Lipinski definition) is 1. The second kappa shape index (κ2) is 3.86. The van der Waals surface area contributed by atoms with Crippen molar-refractivity contribution in [3.63, 3.8) is 0 Å². The van der Waals surface area contributed by atoms with Crippen molar-refractivity contribution in [3.05, 3.63) is 24.0 Å². The fourth-order valence-electron chi connectivity index (χ4n) is 1.80. The van der Waals surface area contributed by atoms with E-state index in [4.69, 9.17) is 10.5 Å². The SMILES string of the molecule is Nc1ccc(F)cc1OC1CCCC1. The lowest BCUT2D eigenvalue weighted by molar-refractivity contribution is 0.210. The van der Waals surface area contributed by atoms with Crippen LogP contribution in [0, 0.1) is 5.82 Å². The summed E-state index contributed by atoms with van der Waals surface area (Å²) in [5.74, 6) is 0.184. The second-order valence-corrected chi connectivity index (χ2v) is 3.71. The molecule has 1 fully saturated rings. The van der Waals surface area contributed by atoms with Crippen LogP contribution in [0.25, 0.3) is 0 Å². The van der Waals surface area contributed by atoms with Gasteiger partial charge in [-0.3, -0.25) is 0 Å². The van der Waals surface area contributed by atoms with Crippen molar-refractivity contribution in [3.8, 4) is 5.75 Å². The molecule has 0 unspecified atom stereocenters. The molecule has 1 aromatic carbocycles. The number of nitrogen functional groups attached to an aromatic ring is 1. The number of ether oxygens (including phenoxy) is 1. The first-order valence-electron chi connectivity index (χ1n) is 4.97. The van der Waals surface area contributed by atoms with Crippen LogP contribution in [0.3, 0.4) is 0 Å². The molecule has 0 atom stereocenters. The maximum Gasteiger partial charge on any atom is 0.145 e. The Morgan fingerprint density at radius 1 is 1.29 bits per heavy atom. The largest absolute Gasteiger partial charge is 0.488 e.